The van der Waals surface area contributed by atoms with E-state index in [1.807, 2.05) is 0 Å². The van der Waals surface area contributed by atoms with E-state index in [-0.39, 0.29) is 17.3 Å². The van der Waals surface area contributed by atoms with Crippen molar-refractivity contribution >= 4 is 23.2 Å². The number of carboxylic acid groups (broad SMARTS) is 1. The number of rotatable bonds is 6. The Kier molecular flexibility index (Phi) is 5.46. The van der Waals surface area contributed by atoms with Crippen molar-refractivity contribution in [1.82, 2.24) is 10.2 Å². The van der Waals surface area contributed by atoms with Crippen LogP contribution >= 0.6 is 11.3 Å². The largest absolute Gasteiger partial charge is 0.477 e. The van der Waals surface area contributed by atoms with Gasteiger partial charge in [-0.25, -0.2) is 9.18 Å². The van der Waals surface area contributed by atoms with Crippen LogP contribution in [0.5, 0.6) is 0 Å². The zero-order valence-corrected chi connectivity index (χ0v) is 13.6. The summed E-state index contributed by atoms with van der Waals surface area (Å²) in [4.78, 5) is 25.9. The maximum atomic E-state index is 13.4. The molecule has 7 heteroatoms. The fourth-order valence-electron chi connectivity index (χ4n) is 2.22. The maximum Gasteiger partial charge on any atom is 0.345 e. The Morgan fingerprint density at radius 1 is 1.30 bits per heavy atom. The van der Waals surface area contributed by atoms with Gasteiger partial charge in [-0.1, -0.05) is 12.1 Å². The smallest absolute Gasteiger partial charge is 0.345 e. The van der Waals surface area contributed by atoms with Gasteiger partial charge in [0.1, 0.15) is 16.7 Å². The van der Waals surface area contributed by atoms with Crippen molar-refractivity contribution in [2.24, 2.45) is 0 Å². The van der Waals surface area contributed by atoms with Crippen molar-refractivity contribution < 1.29 is 19.1 Å². The fourth-order valence-corrected chi connectivity index (χ4v) is 3.01. The number of carbonyl (C=O) groups excluding carboxylic acids is 1. The molecule has 0 saturated heterocycles. The molecule has 2 rings (SSSR count). The van der Waals surface area contributed by atoms with Crippen LogP contribution in [-0.4, -0.2) is 36.0 Å². The number of thiophene rings is 1. The van der Waals surface area contributed by atoms with Gasteiger partial charge in [-0.15, -0.1) is 11.3 Å². The Labute approximate surface area is 137 Å². The lowest BCUT2D eigenvalue weighted by Crippen LogP contribution is -2.36. The first-order valence-electron chi connectivity index (χ1n) is 6.90. The van der Waals surface area contributed by atoms with Gasteiger partial charge in [0.25, 0.3) is 0 Å². The molecule has 1 aromatic heterocycles. The lowest BCUT2D eigenvalue weighted by Gasteiger charge is -2.23. The zero-order valence-electron chi connectivity index (χ0n) is 12.7. The highest BCUT2D eigenvalue weighted by Gasteiger charge is 2.23. The number of likely N-dealkylation sites (N-methyl/N-ethyl adjacent to an activating group) is 1. The molecule has 1 aromatic carbocycles. The predicted octanol–water partition coefficient (Wildman–Crippen LogP) is 2.50. The monoisotopic (exact) mass is 336 g/mol. The molecule has 5 nitrogen and oxygen atoms in total. The van der Waals surface area contributed by atoms with Gasteiger partial charge in [-0.2, -0.15) is 0 Å². The van der Waals surface area contributed by atoms with E-state index in [9.17, 15) is 14.0 Å². The minimum absolute atomic E-state index is 0.225. The Hall–Kier alpha value is -2.25. The molecule has 0 fully saturated rings. The molecule has 0 aliphatic heterocycles. The molecular weight excluding hydrogens is 319 g/mol. The maximum absolute atomic E-state index is 13.4. The van der Waals surface area contributed by atoms with Gasteiger partial charge >= 0.3 is 5.97 Å². The van der Waals surface area contributed by atoms with Gasteiger partial charge in [0, 0.05) is 4.88 Å². The number of nitrogens with zero attached hydrogens (tertiary/aromatic N) is 1. The third-order valence-electron chi connectivity index (χ3n) is 3.24. The summed E-state index contributed by atoms with van der Waals surface area (Å²) in [5, 5.41) is 11.7. The summed E-state index contributed by atoms with van der Waals surface area (Å²) in [6.07, 6.45) is 0. The third kappa shape index (κ3) is 4.37. The first-order chi connectivity index (χ1) is 10.9. The molecule has 0 spiro atoms. The summed E-state index contributed by atoms with van der Waals surface area (Å²) in [6.45, 7) is 0.233. The molecule has 23 heavy (non-hydrogen) atoms. The van der Waals surface area contributed by atoms with E-state index in [1.165, 1.54) is 18.2 Å². The van der Waals surface area contributed by atoms with E-state index < -0.39 is 17.8 Å². The molecule has 1 atom stereocenters. The molecule has 0 aliphatic rings. The number of benzene rings is 1. The molecule has 2 aromatic rings. The van der Waals surface area contributed by atoms with Crippen LogP contribution in [0.15, 0.2) is 36.4 Å². The van der Waals surface area contributed by atoms with Crippen molar-refractivity contribution in [2.45, 2.75) is 12.6 Å². The highest BCUT2D eigenvalue weighted by atomic mass is 32.1. The SMILES string of the molecule is CN(C)[C@@H](C(=O)NCc1ccc(C(=O)O)s1)c1cccc(F)c1. The molecule has 0 saturated carbocycles. The molecule has 0 unspecified atom stereocenters. The third-order valence-corrected chi connectivity index (χ3v) is 4.31. The number of hydrogen-bond donors (Lipinski definition) is 2. The second-order valence-electron chi connectivity index (χ2n) is 5.21. The minimum atomic E-state index is -0.987. The van der Waals surface area contributed by atoms with Crippen molar-refractivity contribution in [3.8, 4) is 0 Å². The van der Waals surface area contributed by atoms with Crippen LogP contribution in [0.4, 0.5) is 4.39 Å². The number of hydrogen-bond acceptors (Lipinski definition) is 4. The lowest BCUT2D eigenvalue weighted by molar-refractivity contribution is -0.125. The van der Waals surface area contributed by atoms with Crippen LogP contribution in [0.25, 0.3) is 0 Å². The van der Waals surface area contributed by atoms with Gasteiger partial charge in [0.05, 0.1) is 6.54 Å². The predicted molar refractivity (Wildman–Crippen MR) is 86.0 cm³/mol. The van der Waals surface area contributed by atoms with E-state index >= 15 is 0 Å². The summed E-state index contributed by atoms with van der Waals surface area (Å²) in [5.74, 6) is -1.66. The number of carboxylic acids is 1. The standard InChI is InChI=1S/C16H17FN2O3S/c1-19(2)14(10-4-3-5-11(17)8-10)15(20)18-9-12-6-7-13(23-12)16(21)22/h3-8,14H,9H2,1-2H3,(H,18,20)(H,21,22)/t14-/m1/s1. The summed E-state index contributed by atoms with van der Waals surface area (Å²) >= 11 is 1.11. The van der Waals surface area contributed by atoms with E-state index in [0.29, 0.717) is 5.56 Å². The number of halogens is 1. The number of amides is 1. The summed E-state index contributed by atoms with van der Waals surface area (Å²) < 4.78 is 13.4. The quantitative estimate of drug-likeness (QED) is 0.850. The van der Waals surface area contributed by atoms with E-state index in [4.69, 9.17) is 5.11 Å². The highest BCUT2D eigenvalue weighted by molar-refractivity contribution is 7.13. The summed E-state index contributed by atoms with van der Waals surface area (Å²) in [6, 6.07) is 8.47. The number of aromatic carboxylic acids is 1. The molecular formula is C16H17FN2O3S. The summed E-state index contributed by atoms with van der Waals surface area (Å²) in [7, 11) is 3.48. The second kappa shape index (κ2) is 7.34. The Balaban J connectivity index is 2.08. The second-order valence-corrected chi connectivity index (χ2v) is 6.38. The van der Waals surface area contributed by atoms with Gasteiger partial charge in [0.2, 0.25) is 5.91 Å². The van der Waals surface area contributed by atoms with Crippen LogP contribution in [0.2, 0.25) is 0 Å². The van der Waals surface area contributed by atoms with Crippen LogP contribution in [0.3, 0.4) is 0 Å². The molecule has 0 bridgehead atoms. The zero-order chi connectivity index (χ0) is 17.0. The van der Waals surface area contributed by atoms with Gasteiger partial charge < -0.3 is 10.4 Å². The first kappa shape index (κ1) is 17.1. The van der Waals surface area contributed by atoms with Gasteiger partial charge in [-0.3, -0.25) is 9.69 Å². The Bertz CT molecular complexity index is 715. The Morgan fingerprint density at radius 3 is 2.61 bits per heavy atom. The topological polar surface area (TPSA) is 69.6 Å². The number of carbonyl (C=O) groups is 2. The van der Waals surface area contributed by atoms with E-state index in [0.717, 1.165) is 16.2 Å². The van der Waals surface area contributed by atoms with Gasteiger partial charge in [-0.05, 0) is 43.9 Å². The van der Waals surface area contributed by atoms with Crippen LogP contribution in [0.1, 0.15) is 26.2 Å². The normalized spacial score (nSPS) is 12.2. The molecule has 1 heterocycles. The van der Waals surface area contributed by atoms with Crippen molar-refractivity contribution in [3.05, 3.63) is 57.5 Å². The minimum Gasteiger partial charge on any atom is -0.477 e. The van der Waals surface area contributed by atoms with Gasteiger partial charge in [0.15, 0.2) is 0 Å². The van der Waals surface area contributed by atoms with Crippen LogP contribution < -0.4 is 5.32 Å². The van der Waals surface area contributed by atoms with Crippen molar-refractivity contribution in [3.63, 3.8) is 0 Å². The van der Waals surface area contributed by atoms with Crippen molar-refractivity contribution in [1.29, 1.82) is 0 Å². The first-order valence-corrected chi connectivity index (χ1v) is 7.71. The number of nitrogens with one attached hydrogen (secondary N) is 1. The van der Waals surface area contributed by atoms with E-state index in [2.05, 4.69) is 5.32 Å². The lowest BCUT2D eigenvalue weighted by atomic mass is 10.1. The highest BCUT2D eigenvalue weighted by Crippen LogP contribution is 2.20. The molecule has 122 valence electrons. The molecule has 0 radical (unpaired) electrons. The van der Waals surface area contributed by atoms with Crippen LogP contribution in [0, 0.1) is 5.82 Å². The molecule has 1 amide bonds. The average molecular weight is 336 g/mol. The Morgan fingerprint density at radius 2 is 2.04 bits per heavy atom. The average Bonchev–Trinajstić information content (AvgIpc) is 2.94. The molecule has 2 N–H and O–H groups in total. The van der Waals surface area contributed by atoms with E-state index in [1.54, 1.807) is 37.2 Å². The van der Waals surface area contributed by atoms with Crippen LogP contribution in [-0.2, 0) is 11.3 Å². The molecule has 0 aliphatic carbocycles. The fraction of sp³-hybridized carbons (Fsp3) is 0.250. The summed E-state index contributed by atoms with van der Waals surface area (Å²) in [5.41, 5.74) is 0.560. The van der Waals surface area contributed by atoms with Crippen molar-refractivity contribution in [2.75, 3.05) is 14.1 Å².